The molecule has 1 aromatic carbocycles. The molecule has 1 heterocycles. The molecule has 0 radical (unpaired) electrons. The molecule has 0 bridgehead atoms. The van der Waals surface area contributed by atoms with Crippen molar-refractivity contribution in [2.45, 2.75) is 12.8 Å². The van der Waals surface area contributed by atoms with Gasteiger partial charge in [0.25, 0.3) is 0 Å². The van der Waals surface area contributed by atoms with Gasteiger partial charge >= 0.3 is 0 Å². The fourth-order valence-electron chi connectivity index (χ4n) is 1.40. The summed E-state index contributed by atoms with van der Waals surface area (Å²) in [7, 11) is 0. The van der Waals surface area contributed by atoms with Crippen LogP contribution in [0.25, 0.3) is 10.1 Å². The minimum absolute atomic E-state index is 0.531. The van der Waals surface area contributed by atoms with Crippen LogP contribution < -0.4 is 0 Å². The van der Waals surface area contributed by atoms with Crippen molar-refractivity contribution in [3.05, 3.63) is 33.7 Å². The molecule has 68 valence electrons. The highest BCUT2D eigenvalue weighted by Crippen LogP contribution is 2.33. The summed E-state index contributed by atoms with van der Waals surface area (Å²) in [6, 6.07) is 4.07. The van der Waals surface area contributed by atoms with E-state index in [2.05, 4.69) is 11.4 Å². The number of rotatable bonds is 1. The Kier molecular flexibility index (Phi) is 2.50. The summed E-state index contributed by atoms with van der Waals surface area (Å²) in [4.78, 5) is 0. The van der Waals surface area contributed by atoms with Crippen molar-refractivity contribution in [2.24, 2.45) is 0 Å². The molecular weight excluding hydrogens is 223 g/mol. The average Bonchev–Trinajstić information content (AvgIpc) is 2.54. The van der Waals surface area contributed by atoms with E-state index >= 15 is 0 Å². The summed E-state index contributed by atoms with van der Waals surface area (Å²) in [5.41, 5.74) is 2.27. The lowest BCUT2D eigenvalue weighted by Gasteiger charge is -2.05. The van der Waals surface area contributed by atoms with Gasteiger partial charge in [-0.2, -0.15) is 0 Å². The molecule has 0 amide bonds. The molecule has 0 N–H and O–H groups in total. The number of hydrogen-bond donors (Lipinski definition) is 0. The van der Waals surface area contributed by atoms with Gasteiger partial charge < -0.3 is 0 Å². The summed E-state index contributed by atoms with van der Waals surface area (Å²) in [6.45, 7) is 2.01. The van der Waals surface area contributed by atoms with Gasteiger partial charge in [0.2, 0.25) is 0 Å². The molecule has 3 heteroatoms. The maximum atomic E-state index is 6.07. The molecule has 0 unspecified atom stereocenters. The Morgan fingerprint density at radius 3 is 2.92 bits per heavy atom. The SMILES string of the molecule is Cc1c(Cl)cc2ccsc2c1CCl. The number of hydrogen-bond acceptors (Lipinski definition) is 1. The maximum Gasteiger partial charge on any atom is 0.0491 e. The fourth-order valence-corrected chi connectivity index (χ4v) is 3.02. The lowest BCUT2D eigenvalue weighted by molar-refractivity contribution is 1.35. The normalized spacial score (nSPS) is 11.0. The summed E-state index contributed by atoms with van der Waals surface area (Å²) >= 11 is 13.7. The van der Waals surface area contributed by atoms with Gasteiger partial charge in [-0.25, -0.2) is 0 Å². The van der Waals surface area contributed by atoms with Gasteiger partial charge in [-0.05, 0) is 40.9 Å². The second-order valence-electron chi connectivity index (χ2n) is 2.93. The zero-order valence-corrected chi connectivity index (χ0v) is 9.43. The summed E-state index contributed by atoms with van der Waals surface area (Å²) in [6.07, 6.45) is 0. The monoisotopic (exact) mass is 230 g/mol. The highest BCUT2D eigenvalue weighted by atomic mass is 35.5. The van der Waals surface area contributed by atoms with Crippen LogP contribution in [0.3, 0.4) is 0 Å². The minimum Gasteiger partial charge on any atom is -0.143 e. The number of halogens is 2. The third kappa shape index (κ3) is 1.45. The Balaban J connectivity index is 2.87. The van der Waals surface area contributed by atoms with Crippen LogP contribution in [0.4, 0.5) is 0 Å². The first-order chi connectivity index (χ1) is 6.24. The lowest BCUT2D eigenvalue weighted by atomic mass is 10.1. The van der Waals surface area contributed by atoms with E-state index in [1.54, 1.807) is 11.3 Å². The van der Waals surface area contributed by atoms with Gasteiger partial charge in [0.05, 0.1) is 0 Å². The number of alkyl halides is 1. The van der Waals surface area contributed by atoms with E-state index in [1.165, 1.54) is 15.6 Å². The Morgan fingerprint density at radius 1 is 1.46 bits per heavy atom. The molecule has 0 fully saturated rings. The van der Waals surface area contributed by atoms with Crippen LogP contribution in [0.2, 0.25) is 5.02 Å². The highest BCUT2D eigenvalue weighted by Gasteiger charge is 2.08. The first-order valence-corrected chi connectivity index (χ1v) is 5.74. The Labute approximate surface area is 91.1 Å². The number of benzene rings is 1. The summed E-state index contributed by atoms with van der Waals surface area (Å²) in [5.74, 6) is 0.531. The van der Waals surface area contributed by atoms with Crippen LogP contribution in [-0.4, -0.2) is 0 Å². The first kappa shape index (κ1) is 9.32. The average molecular weight is 231 g/mol. The molecule has 0 saturated heterocycles. The van der Waals surface area contributed by atoms with Crippen molar-refractivity contribution in [3.63, 3.8) is 0 Å². The van der Waals surface area contributed by atoms with Gasteiger partial charge in [0, 0.05) is 15.6 Å². The molecule has 1 aromatic heterocycles. The third-order valence-corrected chi connectivity index (χ3v) is 3.85. The minimum atomic E-state index is 0.531. The maximum absolute atomic E-state index is 6.07. The molecule has 0 nitrogen and oxygen atoms in total. The summed E-state index contributed by atoms with van der Waals surface area (Å²) < 4.78 is 1.26. The molecule has 13 heavy (non-hydrogen) atoms. The van der Waals surface area contributed by atoms with E-state index in [9.17, 15) is 0 Å². The van der Waals surface area contributed by atoms with Crippen molar-refractivity contribution in [2.75, 3.05) is 0 Å². The Bertz CT molecular complexity index is 445. The number of fused-ring (bicyclic) bond motifs is 1. The van der Waals surface area contributed by atoms with Crippen LogP contribution in [0.15, 0.2) is 17.5 Å². The Morgan fingerprint density at radius 2 is 2.23 bits per heavy atom. The molecule has 0 aliphatic rings. The van der Waals surface area contributed by atoms with Crippen LogP contribution in [0.1, 0.15) is 11.1 Å². The predicted octanol–water partition coefficient (Wildman–Crippen LogP) is 4.60. The van der Waals surface area contributed by atoms with Crippen LogP contribution in [0.5, 0.6) is 0 Å². The lowest BCUT2D eigenvalue weighted by Crippen LogP contribution is -1.86. The van der Waals surface area contributed by atoms with Crippen LogP contribution >= 0.6 is 34.5 Å². The zero-order valence-electron chi connectivity index (χ0n) is 7.10. The molecular formula is C10H8Cl2S. The standard InChI is InChI=1S/C10H8Cl2S/c1-6-8(5-11)10-7(2-3-13-10)4-9(6)12/h2-4H,5H2,1H3. The third-order valence-electron chi connectivity index (χ3n) is 2.20. The topological polar surface area (TPSA) is 0 Å². The molecule has 0 spiro atoms. The molecule has 0 aliphatic heterocycles. The van der Waals surface area contributed by atoms with Crippen molar-refractivity contribution in [1.29, 1.82) is 0 Å². The van der Waals surface area contributed by atoms with Gasteiger partial charge in [0.15, 0.2) is 0 Å². The van der Waals surface area contributed by atoms with E-state index < -0.39 is 0 Å². The molecule has 0 atom stereocenters. The van der Waals surface area contributed by atoms with Gasteiger partial charge in [-0.3, -0.25) is 0 Å². The van der Waals surface area contributed by atoms with Crippen molar-refractivity contribution in [1.82, 2.24) is 0 Å². The quantitative estimate of drug-likeness (QED) is 0.629. The first-order valence-electron chi connectivity index (χ1n) is 3.95. The Hall–Kier alpha value is -0.240. The second-order valence-corrected chi connectivity index (χ2v) is 4.53. The fraction of sp³-hybridized carbons (Fsp3) is 0.200. The van der Waals surface area contributed by atoms with Crippen LogP contribution in [-0.2, 0) is 5.88 Å². The molecule has 0 saturated carbocycles. The van der Waals surface area contributed by atoms with Crippen molar-refractivity contribution >= 4 is 44.6 Å². The highest BCUT2D eigenvalue weighted by molar-refractivity contribution is 7.17. The predicted molar refractivity (Wildman–Crippen MR) is 61.1 cm³/mol. The summed E-state index contributed by atoms with van der Waals surface area (Å²) in [5, 5.41) is 4.06. The van der Waals surface area contributed by atoms with Crippen LogP contribution in [0, 0.1) is 6.92 Å². The van der Waals surface area contributed by atoms with E-state index in [-0.39, 0.29) is 0 Å². The van der Waals surface area contributed by atoms with E-state index in [4.69, 9.17) is 23.2 Å². The van der Waals surface area contributed by atoms with E-state index in [1.807, 2.05) is 13.0 Å². The number of thiophene rings is 1. The molecule has 2 aromatic rings. The van der Waals surface area contributed by atoms with Gasteiger partial charge in [-0.15, -0.1) is 22.9 Å². The zero-order chi connectivity index (χ0) is 9.42. The van der Waals surface area contributed by atoms with E-state index in [0.717, 1.165) is 10.6 Å². The van der Waals surface area contributed by atoms with Crippen molar-refractivity contribution in [3.8, 4) is 0 Å². The van der Waals surface area contributed by atoms with Gasteiger partial charge in [0.1, 0.15) is 0 Å². The van der Waals surface area contributed by atoms with Gasteiger partial charge in [-0.1, -0.05) is 11.6 Å². The molecule has 0 aliphatic carbocycles. The van der Waals surface area contributed by atoms with E-state index in [0.29, 0.717) is 5.88 Å². The smallest absolute Gasteiger partial charge is 0.0491 e. The largest absolute Gasteiger partial charge is 0.143 e. The molecule has 2 rings (SSSR count). The van der Waals surface area contributed by atoms with Crippen molar-refractivity contribution < 1.29 is 0 Å². The second kappa shape index (κ2) is 3.49.